The number of benzene rings is 1. The number of aryl methyl sites for hydroxylation is 1. The molecule has 0 bridgehead atoms. The van der Waals surface area contributed by atoms with Crippen LogP contribution < -0.4 is 16.6 Å². The average Bonchev–Trinajstić information content (AvgIpc) is 2.31. The summed E-state index contributed by atoms with van der Waals surface area (Å²) in [5.41, 5.74) is 4.78. The van der Waals surface area contributed by atoms with Crippen molar-refractivity contribution in [3.8, 4) is 0 Å². The summed E-state index contributed by atoms with van der Waals surface area (Å²) in [5, 5.41) is 3.13. The normalized spacial score (nSPS) is 11.3. The predicted octanol–water partition coefficient (Wildman–Crippen LogP) is 2.03. The van der Waals surface area contributed by atoms with Crippen molar-refractivity contribution < 1.29 is 0 Å². The fraction of sp³-hybridized carbons (Fsp3) is 0.417. The van der Waals surface area contributed by atoms with Gasteiger partial charge in [-0.05, 0) is 25.5 Å². The van der Waals surface area contributed by atoms with Crippen molar-refractivity contribution in [1.29, 1.82) is 0 Å². The summed E-state index contributed by atoms with van der Waals surface area (Å²) in [7, 11) is 0. The molecule has 16 heavy (non-hydrogen) atoms. The summed E-state index contributed by atoms with van der Waals surface area (Å²) < 4.78 is 0. The van der Waals surface area contributed by atoms with Gasteiger partial charge in [-0.25, -0.2) is 5.84 Å². The Labute approximate surface area is 96.9 Å². The molecule has 0 fully saturated rings. The Hall–Kier alpha value is -1.55. The van der Waals surface area contributed by atoms with E-state index < -0.39 is 0 Å². The number of anilines is 1. The van der Waals surface area contributed by atoms with Crippen LogP contribution in [0.25, 0.3) is 0 Å². The van der Waals surface area contributed by atoms with Crippen LogP contribution >= 0.6 is 0 Å². The van der Waals surface area contributed by atoms with Gasteiger partial charge in [-0.15, -0.1) is 0 Å². The average molecular weight is 220 g/mol. The van der Waals surface area contributed by atoms with Gasteiger partial charge in [0.05, 0.1) is 0 Å². The van der Waals surface area contributed by atoms with Crippen LogP contribution in [0.5, 0.6) is 0 Å². The number of hydrazine groups is 1. The van der Waals surface area contributed by atoms with Gasteiger partial charge in [-0.3, -0.25) is 10.4 Å². The molecule has 4 N–H and O–H groups in total. The summed E-state index contributed by atoms with van der Waals surface area (Å²) in [5.74, 6) is 6.00. The molecular formula is C12H20N4. The Balaban J connectivity index is 2.55. The maximum absolute atomic E-state index is 5.39. The molecule has 4 nitrogen and oxygen atoms in total. The SMILES string of the molecule is CCCCN=C(NN)Nc1ccc(C)cc1. The van der Waals surface area contributed by atoms with E-state index in [1.807, 2.05) is 24.3 Å². The van der Waals surface area contributed by atoms with Crippen molar-refractivity contribution in [2.45, 2.75) is 26.7 Å². The minimum absolute atomic E-state index is 0.609. The van der Waals surface area contributed by atoms with Crippen molar-refractivity contribution >= 4 is 11.6 Å². The number of nitrogens with one attached hydrogen (secondary N) is 2. The first-order valence-electron chi connectivity index (χ1n) is 5.61. The molecule has 0 aliphatic heterocycles. The van der Waals surface area contributed by atoms with E-state index in [0.717, 1.165) is 25.1 Å². The lowest BCUT2D eigenvalue weighted by molar-refractivity contribution is 0.801. The van der Waals surface area contributed by atoms with Crippen molar-refractivity contribution in [3.05, 3.63) is 29.8 Å². The lowest BCUT2D eigenvalue weighted by atomic mass is 10.2. The molecule has 0 heterocycles. The summed E-state index contributed by atoms with van der Waals surface area (Å²) in [6.07, 6.45) is 2.20. The zero-order valence-corrected chi connectivity index (χ0v) is 9.96. The lowest BCUT2D eigenvalue weighted by Gasteiger charge is -2.09. The molecule has 0 aliphatic rings. The Kier molecular flexibility index (Phi) is 5.36. The Morgan fingerprint density at radius 1 is 1.31 bits per heavy atom. The van der Waals surface area contributed by atoms with Gasteiger partial charge in [-0.1, -0.05) is 31.0 Å². The monoisotopic (exact) mass is 220 g/mol. The van der Waals surface area contributed by atoms with Gasteiger partial charge in [-0.2, -0.15) is 0 Å². The summed E-state index contributed by atoms with van der Waals surface area (Å²) in [6, 6.07) is 8.09. The van der Waals surface area contributed by atoms with Crippen molar-refractivity contribution in [3.63, 3.8) is 0 Å². The first-order valence-corrected chi connectivity index (χ1v) is 5.61. The van der Waals surface area contributed by atoms with E-state index in [-0.39, 0.29) is 0 Å². The number of nitrogens with zero attached hydrogens (tertiary/aromatic N) is 1. The van der Waals surface area contributed by atoms with E-state index in [1.165, 1.54) is 5.56 Å². The minimum atomic E-state index is 0.609. The number of hydrogen-bond donors (Lipinski definition) is 3. The maximum Gasteiger partial charge on any atom is 0.210 e. The van der Waals surface area contributed by atoms with Crippen LogP contribution in [0.4, 0.5) is 5.69 Å². The topological polar surface area (TPSA) is 62.4 Å². The van der Waals surface area contributed by atoms with Crippen molar-refractivity contribution in [1.82, 2.24) is 5.43 Å². The number of rotatable bonds is 4. The zero-order valence-electron chi connectivity index (χ0n) is 9.96. The summed E-state index contributed by atoms with van der Waals surface area (Å²) in [4.78, 5) is 4.32. The van der Waals surface area contributed by atoms with Gasteiger partial charge in [0, 0.05) is 12.2 Å². The zero-order chi connectivity index (χ0) is 11.8. The Bertz CT molecular complexity index is 329. The van der Waals surface area contributed by atoms with Crippen LogP contribution in [0.15, 0.2) is 29.3 Å². The van der Waals surface area contributed by atoms with E-state index in [0.29, 0.717) is 5.96 Å². The highest BCUT2D eigenvalue weighted by Gasteiger charge is 1.96. The highest BCUT2D eigenvalue weighted by atomic mass is 15.3. The molecule has 0 aliphatic carbocycles. The van der Waals surface area contributed by atoms with Crippen molar-refractivity contribution in [2.75, 3.05) is 11.9 Å². The second kappa shape index (κ2) is 6.85. The summed E-state index contributed by atoms with van der Waals surface area (Å²) in [6.45, 7) is 4.98. The minimum Gasteiger partial charge on any atom is -0.325 e. The highest BCUT2D eigenvalue weighted by molar-refractivity contribution is 5.93. The maximum atomic E-state index is 5.39. The molecule has 0 radical (unpaired) electrons. The van der Waals surface area contributed by atoms with E-state index in [4.69, 9.17) is 5.84 Å². The Morgan fingerprint density at radius 3 is 2.56 bits per heavy atom. The predicted molar refractivity (Wildman–Crippen MR) is 69.3 cm³/mol. The molecule has 0 saturated carbocycles. The molecule has 88 valence electrons. The number of hydrogen-bond acceptors (Lipinski definition) is 2. The fourth-order valence-corrected chi connectivity index (χ4v) is 1.24. The Morgan fingerprint density at radius 2 is 2.00 bits per heavy atom. The first kappa shape index (κ1) is 12.5. The summed E-state index contributed by atoms with van der Waals surface area (Å²) >= 11 is 0. The van der Waals surface area contributed by atoms with E-state index in [1.54, 1.807) is 0 Å². The van der Waals surface area contributed by atoms with E-state index >= 15 is 0 Å². The molecule has 0 saturated heterocycles. The molecule has 0 unspecified atom stereocenters. The van der Waals surface area contributed by atoms with Gasteiger partial charge < -0.3 is 5.32 Å². The molecule has 0 amide bonds. The van der Waals surface area contributed by atoms with Crippen LogP contribution in [0.1, 0.15) is 25.3 Å². The van der Waals surface area contributed by atoms with Crippen LogP contribution in [0.3, 0.4) is 0 Å². The third kappa shape index (κ3) is 4.31. The van der Waals surface area contributed by atoms with Gasteiger partial charge in [0.2, 0.25) is 5.96 Å². The molecule has 1 aromatic rings. The van der Waals surface area contributed by atoms with Crippen LogP contribution in [0, 0.1) is 6.92 Å². The standard InChI is InChI=1S/C12H20N4/c1-3-4-9-14-12(16-13)15-11-7-5-10(2)6-8-11/h5-8H,3-4,9,13H2,1-2H3,(H2,14,15,16). The number of unbranched alkanes of at least 4 members (excludes halogenated alkanes) is 1. The molecule has 1 rings (SSSR count). The third-order valence-corrected chi connectivity index (χ3v) is 2.23. The molecule has 1 aromatic carbocycles. The second-order valence-electron chi connectivity index (χ2n) is 3.72. The van der Waals surface area contributed by atoms with Crippen LogP contribution in [-0.2, 0) is 0 Å². The van der Waals surface area contributed by atoms with Crippen LogP contribution in [-0.4, -0.2) is 12.5 Å². The lowest BCUT2D eigenvalue weighted by Crippen LogP contribution is -2.36. The first-order chi connectivity index (χ1) is 7.76. The fourth-order valence-electron chi connectivity index (χ4n) is 1.24. The van der Waals surface area contributed by atoms with E-state index in [9.17, 15) is 0 Å². The molecule has 0 atom stereocenters. The van der Waals surface area contributed by atoms with Gasteiger partial charge >= 0.3 is 0 Å². The quantitative estimate of drug-likeness (QED) is 0.239. The van der Waals surface area contributed by atoms with Crippen LogP contribution in [0.2, 0.25) is 0 Å². The third-order valence-electron chi connectivity index (χ3n) is 2.23. The van der Waals surface area contributed by atoms with Gasteiger partial charge in [0.15, 0.2) is 0 Å². The highest BCUT2D eigenvalue weighted by Crippen LogP contribution is 2.08. The van der Waals surface area contributed by atoms with Gasteiger partial charge in [0.25, 0.3) is 0 Å². The van der Waals surface area contributed by atoms with Gasteiger partial charge in [0.1, 0.15) is 0 Å². The van der Waals surface area contributed by atoms with E-state index in [2.05, 4.69) is 29.6 Å². The number of guanidine groups is 1. The number of aliphatic imine (C=N–C) groups is 1. The largest absolute Gasteiger partial charge is 0.325 e. The molecule has 4 heteroatoms. The second-order valence-corrected chi connectivity index (χ2v) is 3.72. The van der Waals surface area contributed by atoms with Crippen molar-refractivity contribution in [2.24, 2.45) is 10.8 Å². The number of nitrogens with two attached hydrogens (primary N) is 1. The molecular weight excluding hydrogens is 200 g/mol. The smallest absolute Gasteiger partial charge is 0.210 e. The molecule has 0 aromatic heterocycles. The molecule has 0 spiro atoms.